The van der Waals surface area contributed by atoms with Gasteiger partial charge in [-0.05, 0) is 23.8 Å². The maximum absolute atomic E-state index is 12.4. The molecule has 2 aromatic rings. The molecule has 27 heavy (non-hydrogen) atoms. The average molecular weight is 383 g/mol. The molecule has 1 unspecified atom stereocenters. The molecule has 6 nitrogen and oxygen atoms in total. The van der Waals surface area contributed by atoms with Crippen molar-refractivity contribution in [3.05, 3.63) is 65.7 Å². The van der Waals surface area contributed by atoms with Crippen LogP contribution in [0.2, 0.25) is 0 Å². The largest absolute Gasteiger partial charge is 0.497 e. The zero-order chi connectivity index (χ0) is 19.5. The van der Waals surface area contributed by atoms with Gasteiger partial charge < -0.3 is 15.4 Å². The highest BCUT2D eigenvalue weighted by molar-refractivity contribution is 7.99. The maximum Gasteiger partial charge on any atom is 0.251 e. The van der Waals surface area contributed by atoms with Gasteiger partial charge in [0.25, 0.3) is 5.91 Å². The summed E-state index contributed by atoms with van der Waals surface area (Å²) in [5.41, 5.74) is 1.54. The summed E-state index contributed by atoms with van der Waals surface area (Å²) >= 11 is 1.42. The van der Waals surface area contributed by atoms with Crippen LogP contribution < -0.4 is 15.4 Å². The van der Waals surface area contributed by atoms with Crippen molar-refractivity contribution in [1.29, 1.82) is 5.26 Å². The Morgan fingerprint density at radius 3 is 2.63 bits per heavy atom. The second-order valence-corrected chi connectivity index (χ2v) is 6.79. The lowest BCUT2D eigenvalue weighted by Crippen LogP contribution is -2.41. The van der Waals surface area contributed by atoms with Gasteiger partial charge in [0, 0.05) is 17.9 Å². The highest BCUT2D eigenvalue weighted by atomic mass is 32.2. The van der Waals surface area contributed by atoms with E-state index in [9.17, 15) is 9.59 Å². The van der Waals surface area contributed by atoms with Crippen molar-refractivity contribution in [1.82, 2.24) is 10.6 Å². The van der Waals surface area contributed by atoms with Crippen LogP contribution in [-0.4, -0.2) is 37.3 Å². The fraction of sp³-hybridized carbons (Fsp3) is 0.250. The molecule has 2 N–H and O–H groups in total. The molecule has 0 aliphatic carbocycles. The van der Waals surface area contributed by atoms with Crippen molar-refractivity contribution in [2.24, 2.45) is 0 Å². The second-order valence-electron chi connectivity index (χ2n) is 5.60. The summed E-state index contributed by atoms with van der Waals surface area (Å²) < 4.78 is 5.12. The molecule has 0 aromatic heterocycles. The minimum atomic E-state index is -0.506. The van der Waals surface area contributed by atoms with E-state index in [1.807, 2.05) is 36.4 Å². The van der Waals surface area contributed by atoms with Crippen LogP contribution in [0.4, 0.5) is 0 Å². The molecule has 0 radical (unpaired) electrons. The second kappa shape index (κ2) is 10.9. The maximum atomic E-state index is 12.4. The summed E-state index contributed by atoms with van der Waals surface area (Å²) in [6, 6.07) is 18.4. The average Bonchev–Trinajstić information content (AvgIpc) is 2.72. The van der Waals surface area contributed by atoms with Crippen molar-refractivity contribution in [3.8, 4) is 11.8 Å². The van der Waals surface area contributed by atoms with E-state index in [2.05, 4.69) is 10.6 Å². The predicted molar refractivity (Wildman–Crippen MR) is 105 cm³/mol. The first-order chi connectivity index (χ1) is 13.1. The molecule has 0 spiro atoms. The Labute approximate surface area is 162 Å². The van der Waals surface area contributed by atoms with Crippen LogP contribution in [0.3, 0.4) is 0 Å². The third-order valence-electron chi connectivity index (χ3n) is 3.71. The zero-order valence-electron chi connectivity index (χ0n) is 15.0. The first kappa shape index (κ1) is 20.3. The van der Waals surface area contributed by atoms with Gasteiger partial charge in [-0.15, -0.1) is 11.8 Å². The lowest BCUT2D eigenvalue weighted by Gasteiger charge is -2.16. The topological polar surface area (TPSA) is 91.2 Å². The van der Waals surface area contributed by atoms with Crippen molar-refractivity contribution in [2.45, 2.75) is 11.0 Å². The molecule has 0 fully saturated rings. The fourth-order valence-electron chi connectivity index (χ4n) is 2.29. The SMILES string of the molecule is COc1cccc(C(=O)NCC(SCc2ccccc2)C(=O)NCC#N)c1. The van der Waals surface area contributed by atoms with Gasteiger partial charge in [0.15, 0.2) is 0 Å². The number of benzene rings is 2. The molecule has 1 atom stereocenters. The molecule has 2 amide bonds. The van der Waals surface area contributed by atoms with Crippen molar-refractivity contribution in [3.63, 3.8) is 0 Å². The number of rotatable bonds is 9. The minimum absolute atomic E-state index is 0.0644. The van der Waals surface area contributed by atoms with Gasteiger partial charge in [0.2, 0.25) is 5.91 Å². The Morgan fingerprint density at radius 1 is 1.15 bits per heavy atom. The van der Waals surface area contributed by atoms with Gasteiger partial charge >= 0.3 is 0 Å². The third-order valence-corrected chi connectivity index (χ3v) is 4.99. The van der Waals surface area contributed by atoms with E-state index >= 15 is 0 Å². The van der Waals surface area contributed by atoms with E-state index in [1.165, 1.54) is 18.9 Å². The van der Waals surface area contributed by atoms with E-state index in [1.54, 1.807) is 24.3 Å². The Balaban J connectivity index is 1.98. The highest BCUT2D eigenvalue weighted by Gasteiger charge is 2.20. The summed E-state index contributed by atoms with van der Waals surface area (Å²) in [6.45, 7) is 0.0931. The molecule has 0 aliphatic rings. The van der Waals surface area contributed by atoms with Crippen LogP contribution in [0.5, 0.6) is 5.75 Å². The van der Waals surface area contributed by atoms with Gasteiger partial charge in [0.05, 0.1) is 13.2 Å². The van der Waals surface area contributed by atoms with Crippen molar-refractivity contribution >= 4 is 23.6 Å². The van der Waals surface area contributed by atoms with Gasteiger partial charge in [0.1, 0.15) is 17.5 Å². The molecule has 0 heterocycles. The normalized spacial score (nSPS) is 11.1. The van der Waals surface area contributed by atoms with Crippen LogP contribution in [-0.2, 0) is 10.5 Å². The molecular weight excluding hydrogens is 362 g/mol. The fourth-order valence-corrected chi connectivity index (χ4v) is 3.31. The molecule has 140 valence electrons. The standard InChI is InChI=1S/C20H21N3O3S/c1-26-17-9-5-8-16(12-17)19(24)23-13-18(20(25)22-11-10-21)27-14-15-6-3-2-4-7-15/h2-9,12,18H,11,13-14H2,1H3,(H,22,25)(H,23,24). The first-order valence-corrected chi connectivity index (χ1v) is 9.41. The summed E-state index contributed by atoms with van der Waals surface area (Å²) in [6.07, 6.45) is 0. The van der Waals surface area contributed by atoms with Gasteiger partial charge in [-0.1, -0.05) is 36.4 Å². The van der Waals surface area contributed by atoms with Gasteiger partial charge in [-0.3, -0.25) is 9.59 Å². The Bertz CT molecular complexity index is 806. The minimum Gasteiger partial charge on any atom is -0.497 e. The quantitative estimate of drug-likeness (QED) is 0.649. The molecule has 0 saturated carbocycles. The number of ether oxygens (including phenoxy) is 1. The molecule has 7 heteroatoms. The first-order valence-electron chi connectivity index (χ1n) is 8.36. The molecule has 2 rings (SSSR count). The number of nitriles is 1. The number of nitrogens with one attached hydrogen (secondary N) is 2. The van der Waals surface area contributed by atoms with Crippen molar-refractivity contribution in [2.75, 3.05) is 20.2 Å². The summed E-state index contributed by atoms with van der Waals surface area (Å²) in [7, 11) is 1.53. The lowest BCUT2D eigenvalue weighted by molar-refractivity contribution is -0.120. The monoisotopic (exact) mass is 383 g/mol. The molecule has 0 bridgehead atoms. The Kier molecular flexibility index (Phi) is 8.20. The number of hydrogen-bond acceptors (Lipinski definition) is 5. The van der Waals surface area contributed by atoms with Crippen molar-refractivity contribution < 1.29 is 14.3 Å². The Morgan fingerprint density at radius 2 is 1.93 bits per heavy atom. The molecular formula is C20H21N3O3S. The number of hydrogen-bond donors (Lipinski definition) is 2. The smallest absolute Gasteiger partial charge is 0.251 e. The number of methoxy groups -OCH3 is 1. The van der Waals surface area contributed by atoms with Gasteiger partial charge in [-0.25, -0.2) is 0 Å². The van der Waals surface area contributed by atoms with Crippen LogP contribution in [0, 0.1) is 11.3 Å². The summed E-state index contributed by atoms with van der Waals surface area (Å²) in [5, 5.41) is 13.5. The van der Waals surface area contributed by atoms with Gasteiger partial charge in [-0.2, -0.15) is 5.26 Å². The summed E-state index contributed by atoms with van der Waals surface area (Å²) in [5.74, 6) is 0.653. The van der Waals surface area contributed by atoms with E-state index in [-0.39, 0.29) is 24.9 Å². The highest BCUT2D eigenvalue weighted by Crippen LogP contribution is 2.18. The number of nitrogens with zero attached hydrogens (tertiary/aromatic N) is 1. The zero-order valence-corrected chi connectivity index (χ0v) is 15.8. The Hall–Kier alpha value is -2.98. The third kappa shape index (κ3) is 6.68. The van der Waals surface area contributed by atoms with E-state index in [0.29, 0.717) is 17.1 Å². The number of thioether (sulfide) groups is 1. The predicted octanol–water partition coefficient (Wildman–Crippen LogP) is 2.37. The number of carbonyl (C=O) groups is 2. The van der Waals surface area contributed by atoms with Crippen LogP contribution in [0.25, 0.3) is 0 Å². The molecule has 0 saturated heterocycles. The van der Waals surface area contributed by atoms with E-state index in [0.717, 1.165) is 5.56 Å². The number of amides is 2. The molecule has 0 aliphatic heterocycles. The molecule has 2 aromatic carbocycles. The summed E-state index contributed by atoms with van der Waals surface area (Å²) in [4.78, 5) is 24.7. The van der Waals surface area contributed by atoms with Crippen LogP contribution >= 0.6 is 11.8 Å². The number of carbonyl (C=O) groups excluding carboxylic acids is 2. The van der Waals surface area contributed by atoms with E-state index in [4.69, 9.17) is 10.00 Å². The lowest BCUT2D eigenvalue weighted by atomic mass is 10.2. The van der Waals surface area contributed by atoms with Crippen LogP contribution in [0.1, 0.15) is 15.9 Å². The van der Waals surface area contributed by atoms with Crippen LogP contribution in [0.15, 0.2) is 54.6 Å². The van der Waals surface area contributed by atoms with E-state index < -0.39 is 5.25 Å².